The van der Waals surface area contributed by atoms with Gasteiger partial charge in [0.05, 0.1) is 7.11 Å². The fourth-order valence-corrected chi connectivity index (χ4v) is 6.81. The molecule has 18 heteroatoms. The number of nitrogens with two attached hydrogens (primary N) is 1. The molecular weight excluding hydrogens is 678 g/mol. The molecule has 1 fully saturated rings. The predicted molar refractivity (Wildman–Crippen MR) is 170 cm³/mol. The summed E-state index contributed by atoms with van der Waals surface area (Å²) in [5, 5.41) is 36.2. The minimum atomic E-state index is -1.80. The molecule has 2 aromatic carbocycles. The minimum Gasteiger partial charge on any atom is -0.504 e. The van der Waals surface area contributed by atoms with Crippen molar-refractivity contribution in [2.75, 3.05) is 24.5 Å². The van der Waals surface area contributed by atoms with Crippen LogP contribution in [0.3, 0.4) is 0 Å². The number of aromatic nitrogens is 1. The van der Waals surface area contributed by atoms with Crippen molar-refractivity contribution in [1.82, 2.24) is 15.2 Å². The molecule has 246 valence electrons. The molecular formula is C29H26ClN5O10S2. The summed E-state index contributed by atoms with van der Waals surface area (Å²) in [6.45, 7) is -0.0698. The Morgan fingerprint density at radius 1 is 1.19 bits per heavy atom. The van der Waals surface area contributed by atoms with Crippen LogP contribution in [0.5, 0.6) is 17.2 Å². The average Bonchev–Trinajstić information content (AvgIpc) is 3.50. The maximum absolute atomic E-state index is 13.5. The lowest BCUT2D eigenvalue weighted by molar-refractivity contribution is -0.153. The summed E-state index contributed by atoms with van der Waals surface area (Å²) >= 11 is 8.36. The number of hydrogen-bond acceptors (Lipinski definition) is 14. The molecule has 2 aliphatic heterocycles. The van der Waals surface area contributed by atoms with Gasteiger partial charge in [0.15, 0.2) is 22.3 Å². The largest absolute Gasteiger partial charge is 0.504 e. The van der Waals surface area contributed by atoms with Crippen LogP contribution in [-0.4, -0.2) is 84.8 Å². The van der Waals surface area contributed by atoms with Gasteiger partial charge in [-0.15, -0.1) is 34.7 Å². The van der Waals surface area contributed by atoms with Crippen LogP contribution in [0.4, 0.5) is 5.13 Å². The summed E-state index contributed by atoms with van der Waals surface area (Å²) < 4.78 is 10.6. The topological polar surface area (TPSA) is 223 Å². The molecule has 0 aliphatic carbocycles. The Morgan fingerprint density at radius 2 is 1.94 bits per heavy atom. The number of halogens is 1. The van der Waals surface area contributed by atoms with E-state index >= 15 is 0 Å². The number of thiazole rings is 1. The first-order valence-corrected chi connectivity index (χ1v) is 16.0. The lowest BCUT2D eigenvalue weighted by atomic mass is 10.0. The Hall–Kier alpha value is -5.00. The van der Waals surface area contributed by atoms with Gasteiger partial charge < -0.3 is 40.7 Å². The zero-order valence-electron chi connectivity index (χ0n) is 24.3. The molecule has 2 amide bonds. The van der Waals surface area contributed by atoms with Crippen molar-refractivity contribution in [1.29, 1.82) is 0 Å². The molecule has 3 atom stereocenters. The van der Waals surface area contributed by atoms with Gasteiger partial charge in [-0.05, 0) is 35.4 Å². The summed E-state index contributed by atoms with van der Waals surface area (Å²) in [7, 11) is 1.53. The number of fused-ring (bicyclic) bond motifs is 1. The van der Waals surface area contributed by atoms with Crippen LogP contribution >= 0.6 is 34.7 Å². The number of ether oxygens (including phenoxy) is 2. The number of β-lactam (4-membered cyclic amide) rings is 1. The molecule has 5 rings (SSSR count). The van der Waals surface area contributed by atoms with Gasteiger partial charge >= 0.3 is 11.9 Å². The lowest BCUT2D eigenvalue weighted by Gasteiger charge is -2.49. The van der Waals surface area contributed by atoms with E-state index in [4.69, 9.17) is 31.6 Å². The number of nitrogens with zero attached hydrogens (tertiary/aromatic N) is 3. The fourth-order valence-electron chi connectivity index (χ4n) is 4.58. The predicted octanol–water partition coefficient (Wildman–Crippen LogP) is 2.33. The van der Waals surface area contributed by atoms with Crippen LogP contribution in [0.15, 0.2) is 64.3 Å². The van der Waals surface area contributed by atoms with Gasteiger partial charge in [-0.2, -0.15) is 0 Å². The minimum absolute atomic E-state index is 0.00119. The van der Waals surface area contributed by atoms with E-state index in [1.807, 2.05) is 0 Å². The van der Waals surface area contributed by atoms with Crippen molar-refractivity contribution in [3.05, 3.63) is 75.9 Å². The van der Waals surface area contributed by atoms with E-state index in [9.17, 15) is 34.5 Å². The third-order valence-corrected chi connectivity index (χ3v) is 9.31. The second-order valence-electron chi connectivity index (χ2n) is 9.95. The van der Waals surface area contributed by atoms with Gasteiger partial charge in [-0.3, -0.25) is 14.5 Å². The number of nitrogen functional groups attached to an aromatic ring is 1. The maximum Gasteiger partial charge on any atom is 0.355 e. The van der Waals surface area contributed by atoms with Gasteiger partial charge in [0.1, 0.15) is 35.2 Å². The van der Waals surface area contributed by atoms with E-state index in [1.165, 1.54) is 35.2 Å². The number of phenolic OH excluding ortho intramolecular Hbond substituents is 2. The Morgan fingerprint density at radius 3 is 2.55 bits per heavy atom. The quantitative estimate of drug-likeness (QED) is 0.0457. The number of methoxy groups -OCH3 is 1. The Labute approximate surface area is 279 Å². The van der Waals surface area contributed by atoms with E-state index < -0.39 is 58.5 Å². The van der Waals surface area contributed by atoms with Gasteiger partial charge in [-0.25, -0.2) is 14.6 Å². The first-order chi connectivity index (χ1) is 22.5. The Bertz CT molecular complexity index is 1780. The molecule has 0 bridgehead atoms. The SMILES string of the molecule is COc1ccc(COC(=O)C2=C(CCl)CS[C@@H]3[C@H](NC(=O)/C(=N\O[C@H](C(=O)O)c4ccc(O)c(O)c4)c4csc(N)n4)C(=O)N23)cc1. The van der Waals surface area contributed by atoms with Crippen LogP contribution in [0.1, 0.15) is 22.9 Å². The third kappa shape index (κ3) is 7.06. The summed E-state index contributed by atoms with van der Waals surface area (Å²) in [6, 6.07) is 9.00. The van der Waals surface area contributed by atoms with Crippen molar-refractivity contribution in [2.45, 2.75) is 24.1 Å². The van der Waals surface area contributed by atoms with E-state index in [-0.39, 0.29) is 40.3 Å². The van der Waals surface area contributed by atoms with Crippen LogP contribution in [-0.2, 0) is 35.4 Å². The molecule has 3 aromatic rings. The summed E-state index contributed by atoms with van der Waals surface area (Å²) in [4.78, 5) is 62.5. The van der Waals surface area contributed by atoms with E-state index in [1.54, 1.807) is 24.3 Å². The number of esters is 1. The number of hydrogen-bond donors (Lipinski definition) is 5. The highest BCUT2D eigenvalue weighted by molar-refractivity contribution is 8.00. The number of alkyl halides is 1. The number of benzene rings is 2. The van der Waals surface area contributed by atoms with Crippen LogP contribution < -0.4 is 15.8 Å². The highest BCUT2D eigenvalue weighted by atomic mass is 35.5. The zero-order valence-corrected chi connectivity index (χ0v) is 26.7. The Balaban J connectivity index is 1.33. The summed E-state index contributed by atoms with van der Waals surface area (Å²) in [5.74, 6) is -4.03. The van der Waals surface area contributed by atoms with Crippen molar-refractivity contribution < 1.29 is 48.8 Å². The van der Waals surface area contributed by atoms with E-state index in [0.29, 0.717) is 16.9 Å². The number of carboxylic acids is 1. The Kier molecular flexibility index (Phi) is 10.1. The highest BCUT2D eigenvalue weighted by Crippen LogP contribution is 2.41. The lowest BCUT2D eigenvalue weighted by Crippen LogP contribution is -2.71. The third-order valence-electron chi connectivity index (χ3n) is 6.97. The molecule has 47 heavy (non-hydrogen) atoms. The number of carbonyl (C=O) groups is 4. The average molecular weight is 704 g/mol. The number of nitrogens with one attached hydrogen (secondary N) is 1. The molecule has 0 radical (unpaired) electrons. The number of carbonyl (C=O) groups excluding carboxylic acids is 3. The van der Waals surface area contributed by atoms with Crippen molar-refractivity contribution in [2.24, 2.45) is 5.16 Å². The number of carboxylic acid groups (broad SMARTS) is 1. The molecule has 1 aromatic heterocycles. The normalized spacial score (nSPS) is 18.1. The van der Waals surface area contributed by atoms with Crippen LogP contribution in [0.2, 0.25) is 0 Å². The van der Waals surface area contributed by atoms with Gasteiger partial charge in [0.2, 0.25) is 6.10 Å². The smallest absolute Gasteiger partial charge is 0.355 e. The second-order valence-corrected chi connectivity index (χ2v) is 12.2. The number of rotatable bonds is 12. The molecule has 15 nitrogen and oxygen atoms in total. The van der Waals surface area contributed by atoms with E-state index in [0.717, 1.165) is 23.5 Å². The summed E-state index contributed by atoms with van der Waals surface area (Å²) in [5.41, 5.74) is 6.27. The van der Waals surface area contributed by atoms with Gasteiger partial charge in [0, 0.05) is 22.6 Å². The first kappa shape index (κ1) is 33.4. The summed E-state index contributed by atoms with van der Waals surface area (Å²) in [6.07, 6.45) is -1.80. The van der Waals surface area contributed by atoms with Crippen molar-refractivity contribution >= 4 is 69.3 Å². The number of oxime groups is 1. The molecule has 0 unspecified atom stereocenters. The number of aromatic hydroxyl groups is 2. The molecule has 0 spiro atoms. The van der Waals surface area contributed by atoms with Crippen LogP contribution in [0, 0.1) is 0 Å². The zero-order chi connectivity index (χ0) is 33.8. The van der Waals surface area contributed by atoms with Crippen molar-refractivity contribution in [3.8, 4) is 17.2 Å². The second kappa shape index (κ2) is 14.2. The van der Waals surface area contributed by atoms with Gasteiger partial charge in [0.25, 0.3) is 11.8 Å². The van der Waals surface area contributed by atoms with E-state index in [2.05, 4.69) is 15.5 Å². The molecule has 0 saturated carbocycles. The number of amides is 2. The molecule has 1 saturated heterocycles. The maximum atomic E-state index is 13.5. The molecule has 2 aliphatic rings. The molecule has 6 N–H and O–H groups in total. The standard InChI is InChI=1S/C29H26ClN5O10S2/c1-43-16-5-2-13(3-6-16)10-44-28(42)22-15(9-30)11-46-26-21(25(39)35(22)26)33-24(38)20(17-12-47-29(31)32-17)34-45-23(27(40)41)14-4-7-18(36)19(37)8-14/h2-8,12,21,23,26,36-37H,9-11H2,1H3,(H2,31,32)(H,33,38)(H,40,41)/b34-20-/t21-,23+,26-/m1/s1. The molecule has 3 heterocycles. The first-order valence-electron chi connectivity index (χ1n) is 13.6. The van der Waals surface area contributed by atoms with Crippen LogP contribution in [0.25, 0.3) is 0 Å². The number of phenols is 2. The number of anilines is 1. The fraction of sp³-hybridized carbons (Fsp3) is 0.241. The van der Waals surface area contributed by atoms with Crippen molar-refractivity contribution in [3.63, 3.8) is 0 Å². The highest BCUT2D eigenvalue weighted by Gasteiger charge is 2.54. The number of aliphatic carboxylic acids is 1. The monoisotopic (exact) mass is 703 g/mol. The van der Waals surface area contributed by atoms with Gasteiger partial charge in [-0.1, -0.05) is 23.4 Å². The number of thioether (sulfide) groups is 1.